The molecule has 1 saturated heterocycles. The predicted octanol–water partition coefficient (Wildman–Crippen LogP) is 5.16. The first-order valence-corrected chi connectivity index (χ1v) is 10.2. The lowest BCUT2D eigenvalue weighted by Crippen LogP contribution is -2.36. The van der Waals surface area contributed by atoms with Gasteiger partial charge in [0, 0.05) is 23.7 Å². The number of anilines is 1. The summed E-state index contributed by atoms with van der Waals surface area (Å²) in [5.41, 5.74) is 0.366. The molecule has 4 nitrogen and oxygen atoms in total. The number of hydrogen-bond donors (Lipinski definition) is 0. The van der Waals surface area contributed by atoms with Crippen LogP contribution in [0.25, 0.3) is 0 Å². The second kappa shape index (κ2) is 10.1. The first-order valence-electron chi connectivity index (χ1n) is 9.83. The van der Waals surface area contributed by atoms with Crippen LogP contribution in [0.2, 0.25) is 5.02 Å². The van der Waals surface area contributed by atoms with Crippen LogP contribution >= 0.6 is 11.6 Å². The maximum absolute atomic E-state index is 14.1. The van der Waals surface area contributed by atoms with E-state index < -0.39 is 23.4 Å². The predicted molar refractivity (Wildman–Crippen MR) is 109 cm³/mol. The molecule has 8 heteroatoms. The van der Waals surface area contributed by atoms with Crippen molar-refractivity contribution >= 4 is 23.3 Å². The van der Waals surface area contributed by atoms with Gasteiger partial charge in [0.1, 0.15) is 17.3 Å². The van der Waals surface area contributed by atoms with Gasteiger partial charge in [0.05, 0.1) is 19.6 Å². The third kappa shape index (κ3) is 5.59. The zero-order valence-corrected chi connectivity index (χ0v) is 17.4. The van der Waals surface area contributed by atoms with Crippen molar-refractivity contribution in [1.82, 2.24) is 0 Å². The third-order valence-corrected chi connectivity index (χ3v) is 5.27. The van der Waals surface area contributed by atoms with E-state index >= 15 is 0 Å². The van der Waals surface area contributed by atoms with Crippen molar-refractivity contribution in [2.45, 2.75) is 26.2 Å². The Labute approximate surface area is 178 Å². The number of rotatable bonds is 7. The van der Waals surface area contributed by atoms with Crippen molar-refractivity contribution in [2.75, 3.05) is 31.2 Å². The fourth-order valence-corrected chi connectivity index (χ4v) is 3.75. The molecule has 30 heavy (non-hydrogen) atoms. The Hall–Kier alpha value is -2.41. The summed E-state index contributed by atoms with van der Waals surface area (Å²) < 4.78 is 52.6. The molecule has 0 bridgehead atoms. The second-order valence-electron chi connectivity index (χ2n) is 7.19. The summed E-state index contributed by atoms with van der Waals surface area (Å²) in [6.07, 6.45) is 1.28. The van der Waals surface area contributed by atoms with Gasteiger partial charge in [-0.15, -0.1) is 0 Å². The summed E-state index contributed by atoms with van der Waals surface area (Å²) in [5.74, 6) is -1.66. The molecule has 2 aromatic carbocycles. The lowest BCUT2D eigenvalue weighted by molar-refractivity contribution is -0.142. The SMILES string of the molecule is CCOC(=O)Cc1cc(F)ccc1OCC1CCN(c2c(F)cc(Cl)cc2F)CC1. The van der Waals surface area contributed by atoms with Gasteiger partial charge in [0.25, 0.3) is 0 Å². The van der Waals surface area contributed by atoms with Crippen molar-refractivity contribution in [3.8, 4) is 5.75 Å². The number of benzene rings is 2. The standard InChI is InChI=1S/C22H23ClF3NO3/c1-2-29-21(28)10-15-9-17(24)3-4-20(15)30-13-14-5-7-27(8-6-14)22-18(25)11-16(23)12-19(22)26/h3-4,9,11-12,14H,2,5-8,10,13H2,1H3. The lowest BCUT2D eigenvalue weighted by Gasteiger charge is -2.34. The molecule has 0 N–H and O–H groups in total. The molecule has 1 aliphatic rings. The van der Waals surface area contributed by atoms with Gasteiger partial charge in [-0.1, -0.05) is 11.6 Å². The van der Waals surface area contributed by atoms with Crippen LogP contribution in [0.4, 0.5) is 18.9 Å². The van der Waals surface area contributed by atoms with Crippen molar-refractivity contribution in [1.29, 1.82) is 0 Å². The average Bonchev–Trinajstić information content (AvgIpc) is 2.68. The second-order valence-corrected chi connectivity index (χ2v) is 7.63. The molecular formula is C22H23ClF3NO3. The van der Waals surface area contributed by atoms with Crippen LogP contribution in [0.15, 0.2) is 30.3 Å². The molecule has 0 unspecified atom stereocenters. The molecule has 0 aliphatic carbocycles. The van der Waals surface area contributed by atoms with Crippen LogP contribution in [0.5, 0.6) is 5.75 Å². The number of carbonyl (C=O) groups is 1. The number of halogens is 4. The Morgan fingerprint density at radius 2 is 1.80 bits per heavy atom. The molecule has 162 valence electrons. The lowest BCUT2D eigenvalue weighted by atomic mass is 9.97. The van der Waals surface area contributed by atoms with E-state index in [1.54, 1.807) is 11.8 Å². The monoisotopic (exact) mass is 441 g/mol. The quantitative estimate of drug-likeness (QED) is 0.556. The van der Waals surface area contributed by atoms with E-state index in [1.807, 2.05) is 0 Å². The largest absolute Gasteiger partial charge is 0.493 e. The Morgan fingerprint density at radius 3 is 2.43 bits per heavy atom. The molecule has 0 atom stereocenters. The summed E-state index contributed by atoms with van der Waals surface area (Å²) in [5, 5.41) is 0.0231. The van der Waals surface area contributed by atoms with Crippen LogP contribution < -0.4 is 9.64 Å². The number of carbonyl (C=O) groups excluding carboxylic acids is 1. The van der Waals surface area contributed by atoms with Gasteiger partial charge in [0.2, 0.25) is 0 Å². The van der Waals surface area contributed by atoms with Gasteiger partial charge >= 0.3 is 5.97 Å². The van der Waals surface area contributed by atoms with E-state index in [0.717, 1.165) is 12.1 Å². The summed E-state index contributed by atoms with van der Waals surface area (Å²) in [6, 6.07) is 6.25. The van der Waals surface area contributed by atoms with Gasteiger partial charge in [-0.2, -0.15) is 0 Å². The van der Waals surface area contributed by atoms with Crippen LogP contribution in [0.3, 0.4) is 0 Å². The number of hydrogen-bond acceptors (Lipinski definition) is 4. The number of ether oxygens (including phenoxy) is 2. The molecule has 0 spiro atoms. The molecule has 1 heterocycles. The van der Waals surface area contributed by atoms with E-state index in [1.165, 1.54) is 18.2 Å². The maximum Gasteiger partial charge on any atom is 0.310 e. The van der Waals surface area contributed by atoms with E-state index in [0.29, 0.717) is 43.9 Å². The number of piperidine rings is 1. The van der Waals surface area contributed by atoms with Crippen LogP contribution in [0.1, 0.15) is 25.3 Å². The smallest absolute Gasteiger partial charge is 0.310 e. The Morgan fingerprint density at radius 1 is 1.13 bits per heavy atom. The number of nitrogens with zero attached hydrogens (tertiary/aromatic N) is 1. The van der Waals surface area contributed by atoms with Crippen LogP contribution in [-0.2, 0) is 16.0 Å². The molecule has 1 fully saturated rings. The summed E-state index contributed by atoms with van der Waals surface area (Å²) >= 11 is 5.69. The Balaban J connectivity index is 1.58. The van der Waals surface area contributed by atoms with Crippen LogP contribution in [0, 0.1) is 23.4 Å². The Bertz CT molecular complexity index is 878. The highest BCUT2D eigenvalue weighted by Gasteiger charge is 2.25. The zero-order chi connectivity index (χ0) is 21.7. The zero-order valence-electron chi connectivity index (χ0n) is 16.6. The molecule has 0 amide bonds. The molecular weight excluding hydrogens is 419 g/mol. The molecule has 1 aliphatic heterocycles. The van der Waals surface area contributed by atoms with Crippen molar-refractivity contribution in [3.05, 3.63) is 58.4 Å². The topological polar surface area (TPSA) is 38.8 Å². The fourth-order valence-electron chi connectivity index (χ4n) is 3.56. The summed E-state index contributed by atoms with van der Waals surface area (Å²) in [6.45, 7) is 3.26. The summed E-state index contributed by atoms with van der Waals surface area (Å²) in [4.78, 5) is 13.4. The van der Waals surface area contributed by atoms with Gasteiger partial charge in [-0.25, -0.2) is 13.2 Å². The maximum atomic E-state index is 14.1. The van der Waals surface area contributed by atoms with Crippen molar-refractivity contribution in [2.24, 2.45) is 5.92 Å². The highest BCUT2D eigenvalue weighted by molar-refractivity contribution is 6.30. The molecule has 3 rings (SSSR count). The minimum absolute atomic E-state index is 0.0231. The number of esters is 1. The Kier molecular flexibility index (Phi) is 7.48. The third-order valence-electron chi connectivity index (χ3n) is 5.05. The molecule has 0 saturated carbocycles. The fraction of sp³-hybridized carbons (Fsp3) is 0.409. The van der Waals surface area contributed by atoms with Gasteiger partial charge < -0.3 is 14.4 Å². The van der Waals surface area contributed by atoms with Gasteiger partial charge in [-0.05, 0) is 56.0 Å². The van der Waals surface area contributed by atoms with E-state index in [4.69, 9.17) is 21.1 Å². The van der Waals surface area contributed by atoms with Crippen molar-refractivity contribution in [3.63, 3.8) is 0 Å². The molecule has 0 aromatic heterocycles. The first-order chi connectivity index (χ1) is 14.4. The van der Waals surface area contributed by atoms with Crippen LogP contribution in [-0.4, -0.2) is 32.3 Å². The van der Waals surface area contributed by atoms with E-state index in [-0.39, 0.29) is 29.7 Å². The molecule has 2 aromatic rings. The first kappa shape index (κ1) is 22.3. The summed E-state index contributed by atoms with van der Waals surface area (Å²) in [7, 11) is 0. The van der Waals surface area contributed by atoms with E-state index in [9.17, 15) is 18.0 Å². The normalized spacial score (nSPS) is 14.6. The van der Waals surface area contributed by atoms with Gasteiger partial charge in [-0.3, -0.25) is 4.79 Å². The molecule has 0 radical (unpaired) electrons. The minimum Gasteiger partial charge on any atom is -0.493 e. The van der Waals surface area contributed by atoms with E-state index in [2.05, 4.69) is 0 Å². The average molecular weight is 442 g/mol. The van der Waals surface area contributed by atoms with Crippen molar-refractivity contribution < 1.29 is 27.4 Å². The van der Waals surface area contributed by atoms with Gasteiger partial charge in [0.15, 0.2) is 11.6 Å². The minimum atomic E-state index is -0.676. The highest BCUT2D eigenvalue weighted by atomic mass is 35.5. The highest BCUT2D eigenvalue weighted by Crippen LogP contribution is 2.31.